The molecule has 0 spiro atoms. The van der Waals surface area contributed by atoms with E-state index in [0.29, 0.717) is 11.8 Å². The van der Waals surface area contributed by atoms with Crippen LogP contribution in [0.3, 0.4) is 0 Å². The summed E-state index contributed by atoms with van der Waals surface area (Å²) in [6.07, 6.45) is 5.71. The van der Waals surface area contributed by atoms with Crippen LogP contribution in [0, 0.1) is 11.8 Å². The van der Waals surface area contributed by atoms with E-state index >= 15 is 0 Å². The topological polar surface area (TPSA) is 20.2 Å². The Bertz CT molecular complexity index is 265. The summed E-state index contributed by atoms with van der Waals surface area (Å²) < 4.78 is 0. The van der Waals surface area contributed by atoms with Crippen molar-refractivity contribution in [2.24, 2.45) is 11.8 Å². The van der Waals surface area contributed by atoms with Crippen molar-refractivity contribution >= 4 is 0 Å². The van der Waals surface area contributed by atoms with Crippen molar-refractivity contribution in [3.05, 3.63) is 23.3 Å². The van der Waals surface area contributed by atoms with Crippen LogP contribution in [-0.2, 0) is 0 Å². The third-order valence-corrected chi connectivity index (χ3v) is 3.09. The molecule has 0 fully saturated rings. The molecule has 0 aromatic heterocycles. The standard InChI is InChI=1S/C11H16O/c1-7-8-4-5-9(6-8)10(7)11(2,3)12/h4-5,8-9,12H,6H2,1-3H3. The molecular formula is C11H16O. The second kappa shape index (κ2) is 2.23. The summed E-state index contributed by atoms with van der Waals surface area (Å²) in [7, 11) is 0. The van der Waals surface area contributed by atoms with E-state index in [0.717, 1.165) is 0 Å². The van der Waals surface area contributed by atoms with Gasteiger partial charge in [-0.1, -0.05) is 17.7 Å². The lowest BCUT2D eigenvalue weighted by molar-refractivity contribution is 0.112. The van der Waals surface area contributed by atoms with Gasteiger partial charge >= 0.3 is 0 Å². The van der Waals surface area contributed by atoms with Gasteiger partial charge < -0.3 is 5.11 Å². The minimum absolute atomic E-state index is 0.523. The minimum atomic E-state index is -0.617. The van der Waals surface area contributed by atoms with E-state index in [4.69, 9.17) is 0 Å². The normalized spacial score (nSPS) is 33.7. The molecule has 0 amide bonds. The van der Waals surface area contributed by atoms with E-state index in [-0.39, 0.29) is 0 Å². The molecule has 1 N–H and O–H groups in total. The first-order valence-corrected chi connectivity index (χ1v) is 4.62. The Hall–Kier alpha value is -0.560. The lowest BCUT2D eigenvalue weighted by Crippen LogP contribution is -2.25. The van der Waals surface area contributed by atoms with Crippen LogP contribution in [-0.4, -0.2) is 10.7 Å². The number of fused-ring (bicyclic) bond motifs is 2. The van der Waals surface area contributed by atoms with Gasteiger partial charge in [0.25, 0.3) is 0 Å². The first-order chi connectivity index (χ1) is 5.50. The van der Waals surface area contributed by atoms with Gasteiger partial charge in [-0.05, 0) is 38.7 Å². The van der Waals surface area contributed by atoms with Gasteiger partial charge in [-0.2, -0.15) is 0 Å². The zero-order valence-electron chi connectivity index (χ0n) is 7.96. The third kappa shape index (κ3) is 0.962. The fraction of sp³-hybridized carbons (Fsp3) is 0.636. The molecule has 1 heteroatoms. The van der Waals surface area contributed by atoms with Crippen LogP contribution in [0.1, 0.15) is 27.2 Å². The molecule has 2 unspecified atom stereocenters. The first kappa shape index (κ1) is 8.06. The molecule has 2 atom stereocenters. The van der Waals surface area contributed by atoms with Crippen molar-refractivity contribution in [1.82, 2.24) is 0 Å². The maximum absolute atomic E-state index is 9.92. The predicted molar refractivity (Wildman–Crippen MR) is 49.7 cm³/mol. The lowest BCUT2D eigenvalue weighted by Gasteiger charge is -2.25. The van der Waals surface area contributed by atoms with E-state index in [2.05, 4.69) is 19.1 Å². The highest BCUT2D eigenvalue weighted by molar-refractivity contribution is 5.40. The zero-order chi connectivity index (χ0) is 8.93. The second-order valence-corrected chi connectivity index (χ2v) is 4.49. The molecular weight excluding hydrogens is 148 g/mol. The summed E-state index contributed by atoms with van der Waals surface area (Å²) >= 11 is 0. The maximum Gasteiger partial charge on any atom is 0.0809 e. The average Bonchev–Trinajstić information content (AvgIpc) is 2.42. The maximum atomic E-state index is 9.92. The molecule has 2 aliphatic carbocycles. The highest BCUT2D eigenvalue weighted by Gasteiger charge is 2.38. The van der Waals surface area contributed by atoms with Crippen LogP contribution in [0.5, 0.6) is 0 Å². The Morgan fingerprint density at radius 1 is 1.33 bits per heavy atom. The van der Waals surface area contributed by atoms with Crippen molar-refractivity contribution in [3.8, 4) is 0 Å². The molecule has 0 saturated heterocycles. The predicted octanol–water partition coefficient (Wildman–Crippen LogP) is 2.28. The molecule has 0 aromatic carbocycles. The minimum Gasteiger partial charge on any atom is -0.386 e. The van der Waals surface area contributed by atoms with Gasteiger partial charge in [-0.25, -0.2) is 0 Å². The van der Waals surface area contributed by atoms with Crippen LogP contribution in [0.2, 0.25) is 0 Å². The molecule has 0 heterocycles. The Morgan fingerprint density at radius 2 is 1.92 bits per heavy atom. The lowest BCUT2D eigenvalue weighted by atomic mass is 9.86. The van der Waals surface area contributed by atoms with Crippen molar-refractivity contribution < 1.29 is 5.11 Å². The molecule has 0 saturated carbocycles. The van der Waals surface area contributed by atoms with Crippen molar-refractivity contribution in [2.75, 3.05) is 0 Å². The molecule has 2 rings (SSSR count). The molecule has 1 nitrogen and oxygen atoms in total. The summed E-state index contributed by atoms with van der Waals surface area (Å²) in [6.45, 7) is 5.93. The summed E-state index contributed by atoms with van der Waals surface area (Å²) in [5.41, 5.74) is 2.04. The van der Waals surface area contributed by atoms with Crippen LogP contribution >= 0.6 is 0 Å². The van der Waals surface area contributed by atoms with Crippen molar-refractivity contribution in [3.63, 3.8) is 0 Å². The second-order valence-electron chi connectivity index (χ2n) is 4.49. The van der Waals surface area contributed by atoms with Gasteiger partial charge in [0.05, 0.1) is 5.60 Å². The molecule has 0 aromatic rings. The molecule has 2 aliphatic rings. The number of hydrogen-bond donors (Lipinski definition) is 1. The van der Waals surface area contributed by atoms with Crippen molar-refractivity contribution in [2.45, 2.75) is 32.8 Å². The molecule has 12 heavy (non-hydrogen) atoms. The molecule has 66 valence electrons. The summed E-state index contributed by atoms with van der Waals surface area (Å²) in [5.74, 6) is 1.14. The summed E-state index contributed by atoms with van der Waals surface area (Å²) in [4.78, 5) is 0. The number of hydrogen-bond acceptors (Lipinski definition) is 1. The van der Waals surface area contributed by atoms with Gasteiger partial charge in [0.1, 0.15) is 0 Å². The van der Waals surface area contributed by atoms with E-state index in [1.54, 1.807) is 0 Å². The van der Waals surface area contributed by atoms with Crippen LogP contribution in [0.25, 0.3) is 0 Å². The fourth-order valence-corrected chi connectivity index (χ4v) is 2.66. The highest BCUT2D eigenvalue weighted by Crippen LogP contribution is 2.47. The van der Waals surface area contributed by atoms with E-state index < -0.39 is 5.60 Å². The van der Waals surface area contributed by atoms with E-state index in [1.807, 2.05) is 13.8 Å². The fourth-order valence-electron chi connectivity index (χ4n) is 2.66. The first-order valence-electron chi connectivity index (χ1n) is 4.62. The monoisotopic (exact) mass is 164 g/mol. The van der Waals surface area contributed by atoms with Gasteiger partial charge in [0.15, 0.2) is 0 Å². The van der Waals surface area contributed by atoms with Gasteiger partial charge in [0.2, 0.25) is 0 Å². The van der Waals surface area contributed by atoms with Crippen LogP contribution < -0.4 is 0 Å². The van der Waals surface area contributed by atoms with E-state index in [9.17, 15) is 5.11 Å². The van der Waals surface area contributed by atoms with E-state index in [1.165, 1.54) is 17.6 Å². The zero-order valence-corrected chi connectivity index (χ0v) is 7.96. The quantitative estimate of drug-likeness (QED) is 0.589. The van der Waals surface area contributed by atoms with Gasteiger partial charge in [-0.15, -0.1) is 0 Å². The average molecular weight is 164 g/mol. The Balaban J connectivity index is 2.39. The van der Waals surface area contributed by atoms with Gasteiger partial charge in [0, 0.05) is 5.92 Å². The van der Waals surface area contributed by atoms with Gasteiger partial charge in [-0.3, -0.25) is 0 Å². The number of allylic oxidation sites excluding steroid dienone is 3. The van der Waals surface area contributed by atoms with Crippen LogP contribution in [0.4, 0.5) is 0 Å². The van der Waals surface area contributed by atoms with Crippen LogP contribution in [0.15, 0.2) is 23.3 Å². The SMILES string of the molecule is CC1=C(C(C)(C)O)C2C=CC1C2. The summed E-state index contributed by atoms with van der Waals surface area (Å²) in [6, 6.07) is 0. The Kier molecular flexibility index (Phi) is 1.50. The Labute approximate surface area is 73.8 Å². The number of aliphatic hydroxyl groups is 1. The third-order valence-electron chi connectivity index (χ3n) is 3.09. The number of rotatable bonds is 1. The molecule has 0 radical (unpaired) electrons. The largest absolute Gasteiger partial charge is 0.386 e. The smallest absolute Gasteiger partial charge is 0.0809 e. The highest BCUT2D eigenvalue weighted by atomic mass is 16.3. The summed E-state index contributed by atoms with van der Waals surface area (Å²) in [5, 5.41) is 9.92. The molecule has 2 bridgehead atoms. The molecule has 0 aliphatic heterocycles. The van der Waals surface area contributed by atoms with Crippen molar-refractivity contribution in [1.29, 1.82) is 0 Å². The Morgan fingerprint density at radius 3 is 2.25 bits per heavy atom.